The van der Waals surface area contributed by atoms with Crippen LogP contribution >= 0.6 is 0 Å². The van der Waals surface area contributed by atoms with Crippen LogP contribution in [-0.4, -0.2) is 30.5 Å². The maximum absolute atomic E-state index is 13.6. The van der Waals surface area contributed by atoms with Gasteiger partial charge in [0, 0.05) is 13.6 Å². The van der Waals surface area contributed by atoms with Crippen molar-refractivity contribution in [1.29, 1.82) is 0 Å². The van der Waals surface area contributed by atoms with Crippen LogP contribution in [0.5, 0.6) is 5.75 Å². The van der Waals surface area contributed by atoms with Gasteiger partial charge in [0.1, 0.15) is 0 Å². The molecular formula is C13H19FN2O2. The summed E-state index contributed by atoms with van der Waals surface area (Å²) >= 11 is 0. The van der Waals surface area contributed by atoms with Gasteiger partial charge in [-0.2, -0.15) is 0 Å². The number of benzene rings is 1. The van der Waals surface area contributed by atoms with Crippen molar-refractivity contribution in [3.8, 4) is 5.75 Å². The molecule has 100 valence electrons. The summed E-state index contributed by atoms with van der Waals surface area (Å²) in [6, 6.07) is 4.12. The minimum Gasteiger partial charge on any atom is -0.491 e. The Labute approximate surface area is 107 Å². The molecule has 1 rings (SSSR count). The molecule has 0 aliphatic rings. The fourth-order valence-electron chi connectivity index (χ4n) is 1.61. The van der Waals surface area contributed by atoms with Crippen molar-refractivity contribution < 1.29 is 13.9 Å². The average molecular weight is 254 g/mol. The lowest BCUT2D eigenvalue weighted by Crippen LogP contribution is -2.39. The SMILES string of the molecule is CCOc1ccc(CN(C)C(=O)C(C)N)cc1F. The molecule has 1 unspecified atom stereocenters. The highest BCUT2D eigenvalue weighted by Gasteiger charge is 2.14. The minimum absolute atomic E-state index is 0.177. The second-order valence-corrected chi connectivity index (χ2v) is 4.18. The third-order valence-electron chi connectivity index (χ3n) is 2.48. The number of amides is 1. The van der Waals surface area contributed by atoms with Gasteiger partial charge in [-0.15, -0.1) is 0 Å². The van der Waals surface area contributed by atoms with E-state index in [0.29, 0.717) is 18.7 Å². The Kier molecular flexibility index (Phi) is 5.09. The predicted molar refractivity (Wildman–Crippen MR) is 67.7 cm³/mol. The van der Waals surface area contributed by atoms with Crippen LogP contribution in [0.3, 0.4) is 0 Å². The molecular weight excluding hydrogens is 235 g/mol. The Balaban J connectivity index is 2.74. The van der Waals surface area contributed by atoms with E-state index in [-0.39, 0.29) is 11.7 Å². The zero-order valence-electron chi connectivity index (χ0n) is 10.9. The third kappa shape index (κ3) is 3.70. The monoisotopic (exact) mass is 254 g/mol. The molecule has 18 heavy (non-hydrogen) atoms. The highest BCUT2D eigenvalue weighted by Crippen LogP contribution is 2.19. The number of nitrogens with two attached hydrogens (primary N) is 1. The van der Waals surface area contributed by atoms with E-state index in [0.717, 1.165) is 0 Å². The van der Waals surface area contributed by atoms with Gasteiger partial charge in [-0.1, -0.05) is 6.07 Å². The van der Waals surface area contributed by atoms with Gasteiger partial charge in [0.15, 0.2) is 11.6 Å². The normalized spacial score (nSPS) is 12.1. The van der Waals surface area contributed by atoms with E-state index in [1.54, 1.807) is 33.0 Å². The summed E-state index contributed by atoms with van der Waals surface area (Å²) in [4.78, 5) is 13.1. The van der Waals surface area contributed by atoms with Crippen LogP contribution in [-0.2, 0) is 11.3 Å². The molecule has 1 amide bonds. The first kappa shape index (κ1) is 14.4. The van der Waals surface area contributed by atoms with Crippen LogP contribution < -0.4 is 10.5 Å². The molecule has 0 aromatic heterocycles. The Morgan fingerprint density at radius 1 is 1.56 bits per heavy atom. The molecule has 1 aromatic rings. The van der Waals surface area contributed by atoms with Crippen molar-refractivity contribution in [1.82, 2.24) is 4.90 Å². The van der Waals surface area contributed by atoms with Crippen molar-refractivity contribution in [3.05, 3.63) is 29.6 Å². The lowest BCUT2D eigenvalue weighted by Gasteiger charge is -2.19. The van der Waals surface area contributed by atoms with Gasteiger partial charge < -0.3 is 15.4 Å². The van der Waals surface area contributed by atoms with Gasteiger partial charge in [0.05, 0.1) is 12.6 Å². The molecule has 0 saturated heterocycles. The van der Waals surface area contributed by atoms with E-state index in [1.165, 1.54) is 11.0 Å². The van der Waals surface area contributed by atoms with E-state index in [9.17, 15) is 9.18 Å². The van der Waals surface area contributed by atoms with Crippen molar-refractivity contribution in [3.63, 3.8) is 0 Å². The van der Waals surface area contributed by atoms with E-state index >= 15 is 0 Å². The number of hydrogen-bond donors (Lipinski definition) is 1. The number of carbonyl (C=O) groups excluding carboxylic acids is 1. The van der Waals surface area contributed by atoms with Gasteiger partial charge in [-0.25, -0.2) is 4.39 Å². The summed E-state index contributed by atoms with van der Waals surface area (Å²) in [5.41, 5.74) is 6.20. The molecule has 0 heterocycles. The number of ether oxygens (including phenoxy) is 1. The standard InChI is InChI=1S/C13H19FN2O2/c1-4-18-12-6-5-10(7-11(12)14)8-16(3)13(17)9(2)15/h5-7,9H,4,8,15H2,1-3H3. The van der Waals surface area contributed by atoms with Crippen LogP contribution in [0.2, 0.25) is 0 Å². The molecule has 0 bridgehead atoms. The first-order valence-electron chi connectivity index (χ1n) is 5.87. The van der Waals surface area contributed by atoms with Gasteiger partial charge in [0.25, 0.3) is 0 Å². The molecule has 4 nitrogen and oxygen atoms in total. The second kappa shape index (κ2) is 6.35. The third-order valence-corrected chi connectivity index (χ3v) is 2.48. The van der Waals surface area contributed by atoms with Crippen LogP contribution in [0.4, 0.5) is 4.39 Å². The van der Waals surface area contributed by atoms with E-state index < -0.39 is 11.9 Å². The molecule has 0 saturated carbocycles. The number of rotatable bonds is 5. The van der Waals surface area contributed by atoms with Crippen LogP contribution in [0.15, 0.2) is 18.2 Å². The summed E-state index contributed by atoms with van der Waals surface area (Å²) in [5, 5.41) is 0. The smallest absolute Gasteiger partial charge is 0.239 e. The van der Waals surface area contributed by atoms with Gasteiger partial charge in [-0.3, -0.25) is 4.79 Å². The quantitative estimate of drug-likeness (QED) is 0.867. The first-order valence-corrected chi connectivity index (χ1v) is 5.87. The number of likely N-dealkylation sites (N-methyl/N-ethyl adjacent to an activating group) is 1. The Hall–Kier alpha value is -1.62. The summed E-state index contributed by atoms with van der Waals surface area (Å²) in [7, 11) is 1.64. The predicted octanol–water partition coefficient (Wildman–Crippen LogP) is 1.53. The van der Waals surface area contributed by atoms with Gasteiger partial charge >= 0.3 is 0 Å². The maximum Gasteiger partial charge on any atom is 0.239 e. The second-order valence-electron chi connectivity index (χ2n) is 4.18. The van der Waals surface area contributed by atoms with Crippen LogP contribution in [0.25, 0.3) is 0 Å². The first-order chi connectivity index (χ1) is 8.45. The topological polar surface area (TPSA) is 55.6 Å². The summed E-state index contributed by atoms with van der Waals surface area (Å²) < 4.78 is 18.7. The van der Waals surface area contributed by atoms with E-state index in [2.05, 4.69) is 0 Å². The van der Waals surface area contributed by atoms with Gasteiger partial charge in [-0.05, 0) is 31.5 Å². The fourth-order valence-corrected chi connectivity index (χ4v) is 1.61. The summed E-state index contributed by atoms with van der Waals surface area (Å²) in [5.74, 6) is -0.372. The van der Waals surface area contributed by atoms with Crippen LogP contribution in [0, 0.1) is 5.82 Å². The zero-order valence-corrected chi connectivity index (χ0v) is 10.9. The average Bonchev–Trinajstić information content (AvgIpc) is 2.31. The number of carbonyl (C=O) groups is 1. The number of nitrogens with zero attached hydrogens (tertiary/aromatic N) is 1. The largest absolute Gasteiger partial charge is 0.491 e. The van der Waals surface area contributed by atoms with Crippen molar-refractivity contribution in [2.45, 2.75) is 26.4 Å². The molecule has 5 heteroatoms. The summed E-state index contributed by atoms with van der Waals surface area (Å²) in [6.45, 7) is 4.16. The zero-order chi connectivity index (χ0) is 13.7. The molecule has 2 N–H and O–H groups in total. The van der Waals surface area contributed by atoms with Crippen molar-refractivity contribution in [2.24, 2.45) is 5.73 Å². The fraction of sp³-hybridized carbons (Fsp3) is 0.462. The number of hydrogen-bond acceptors (Lipinski definition) is 3. The molecule has 0 fully saturated rings. The lowest BCUT2D eigenvalue weighted by atomic mass is 10.2. The molecule has 1 atom stereocenters. The van der Waals surface area contributed by atoms with Crippen LogP contribution in [0.1, 0.15) is 19.4 Å². The Morgan fingerprint density at radius 2 is 2.22 bits per heavy atom. The molecule has 0 aliphatic heterocycles. The minimum atomic E-state index is -0.553. The van der Waals surface area contributed by atoms with E-state index in [4.69, 9.17) is 10.5 Å². The van der Waals surface area contributed by atoms with Crippen molar-refractivity contribution in [2.75, 3.05) is 13.7 Å². The van der Waals surface area contributed by atoms with E-state index in [1.807, 2.05) is 0 Å². The molecule has 1 aromatic carbocycles. The Bertz CT molecular complexity index is 421. The van der Waals surface area contributed by atoms with Gasteiger partial charge in [0.2, 0.25) is 5.91 Å². The highest BCUT2D eigenvalue weighted by molar-refractivity contribution is 5.80. The number of halogens is 1. The molecule has 0 radical (unpaired) electrons. The molecule has 0 spiro atoms. The maximum atomic E-state index is 13.6. The van der Waals surface area contributed by atoms with Crippen molar-refractivity contribution >= 4 is 5.91 Å². The summed E-state index contributed by atoms with van der Waals surface area (Å²) in [6.07, 6.45) is 0. The lowest BCUT2D eigenvalue weighted by molar-refractivity contribution is -0.131. The molecule has 0 aliphatic carbocycles. The highest BCUT2D eigenvalue weighted by atomic mass is 19.1. The Morgan fingerprint density at radius 3 is 2.72 bits per heavy atom.